The van der Waals surface area contributed by atoms with Gasteiger partial charge in [-0.2, -0.15) is 0 Å². The van der Waals surface area contributed by atoms with Gasteiger partial charge in [-0.1, -0.05) is 36.4 Å². The second-order valence-electron chi connectivity index (χ2n) is 7.33. The van der Waals surface area contributed by atoms with Gasteiger partial charge < -0.3 is 14.6 Å². The molecule has 0 bridgehead atoms. The Morgan fingerprint density at radius 3 is 2.29 bits per heavy atom. The molecule has 0 spiro atoms. The van der Waals surface area contributed by atoms with E-state index >= 15 is 0 Å². The van der Waals surface area contributed by atoms with Gasteiger partial charge in [-0.05, 0) is 42.8 Å². The van der Waals surface area contributed by atoms with Gasteiger partial charge >= 0.3 is 0 Å². The van der Waals surface area contributed by atoms with Crippen LogP contribution in [0.5, 0.6) is 0 Å². The van der Waals surface area contributed by atoms with Crippen LogP contribution in [0.3, 0.4) is 0 Å². The fraction of sp³-hybridized carbons (Fsp3) is 0.0400. The van der Waals surface area contributed by atoms with Crippen molar-refractivity contribution >= 4 is 49.6 Å². The molecule has 0 saturated heterocycles. The molecule has 6 rings (SSSR count). The zero-order valence-electron chi connectivity index (χ0n) is 15.3. The Balaban J connectivity index is 1.76. The van der Waals surface area contributed by atoms with Crippen molar-refractivity contribution in [2.75, 3.05) is 5.73 Å². The number of rotatable bonds is 1. The van der Waals surface area contributed by atoms with Crippen molar-refractivity contribution < 1.29 is 8.83 Å². The number of para-hydroxylation sites is 2. The molecule has 4 aromatic carbocycles. The Labute approximate surface area is 161 Å². The second-order valence-corrected chi connectivity index (χ2v) is 7.33. The van der Waals surface area contributed by atoms with Crippen molar-refractivity contribution in [2.45, 2.75) is 6.92 Å². The van der Waals surface area contributed by atoms with Crippen molar-refractivity contribution in [3.63, 3.8) is 0 Å². The first-order chi connectivity index (χ1) is 13.7. The molecule has 0 aliphatic rings. The van der Waals surface area contributed by atoms with Gasteiger partial charge in [0.1, 0.15) is 22.3 Å². The number of furan rings is 2. The molecule has 134 valence electrons. The minimum Gasteiger partial charge on any atom is -0.455 e. The predicted molar refractivity (Wildman–Crippen MR) is 116 cm³/mol. The predicted octanol–water partition coefficient (Wildman–Crippen LogP) is 7.04. The summed E-state index contributed by atoms with van der Waals surface area (Å²) in [5.74, 6) is 0. The zero-order valence-corrected chi connectivity index (χ0v) is 15.3. The first-order valence-electron chi connectivity index (χ1n) is 9.32. The quantitative estimate of drug-likeness (QED) is 0.319. The van der Waals surface area contributed by atoms with E-state index in [-0.39, 0.29) is 0 Å². The average molecular weight is 363 g/mol. The minimum atomic E-state index is 0.698. The summed E-state index contributed by atoms with van der Waals surface area (Å²) in [4.78, 5) is 0. The molecule has 3 heteroatoms. The van der Waals surface area contributed by atoms with E-state index in [0.29, 0.717) is 5.69 Å². The van der Waals surface area contributed by atoms with Crippen LogP contribution in [0.2, 0.25) is 0 Å². The normalized spacial score (nSPS) is 11.9. The smallest absolute Gasteiger partial charge is 0.143 e. The SMILES string of the molecule is Cc1cc(-c2cccc3c2oc2ccccc23)c2oc3cc(N)ccc3c2c1. The molecule has 3 nitrogen and oxygen atoms in total. The zero-order chi connectivity index (χ0) is 18.8. The lowest BCUT2D eigenvalue weighted by Gasteiger charge is -2.06. The van der Waals surface area contributed by atoms with Crippen LogP contribution in [0, 0.1) is 6.92 Å². The van der Waals surface area contributed by atoms with E-state index in [1.807, 2.05) is 36.4 Å². The number of benzene rings is 4. The van der Waals surface area contributed by atoms with E-state index in [1.165, 1.54) is 5.56 Å². The molecule has 28 heavy (non-hydrogen) atoms. The molecular weight excluding hydrogens is 346 g/mol. The largest absolute Gasteiger partial charge is 0.455 e. The van der Waals surface area contributed by atoms with Crippen LogP contribution in [0.15, 0.2) is 81.6 Å². The van der Waals surface area contributed by atoms with Gasteiger partial charge in [-0.15, -0.1) is 0 Å². The number of nitrogens with two attached hydrogens (primary N) is 1. The van der Waals surface area contributed by atoms with E-state index in [0.717, 1.165) is 55.0 Å². The van der Waals surface area contributed by atoms with Crippen LogP contribution in [-0.2, 0) is 0 Å². The highest BCUT2D eigenvalue weighted by Crippen LogP contribution is 2.41. The molecule has 2 N–H and O–H groups in total. The Kier molecular flexibility index (Phi) is 2.96. The van der Waals surface area contributed by atoms with Gasteiger partial charge in [-0.25, -0.2) is 0 Å². The fourth-order valence-corrected chi connectivity index (χ4v) is 4.20. The van der Waals surface area contributed by atoms with Crippen molar-refractivity contribution in [2.24, 2.45) is 0 Å². The third-order valence-corrected chi connectivity index (χ3v) is 5.44. The summed E-state index contributed by atoms with van der Waals surface area (Å²) < 4.78 is 12.5. The number of anilines is 1. The van der Waals surface area contributed by atoms with Crippen LogP contribution < -0.4 is 5.73 Å². The van der Waals surface area contributed by atoms with Gasteiger partial charge in [-0.3, -0.25) is 0 Å². The summed E-state index contributed by atoms with van der Waals surface area (Å²) >= 11 is 0. The number of nitrogen functional groups attached to an aromatic ring is 1. The van der Waals surface area contributed by atoms with E-state index in [2.05, 4.69) is 43.3 Å². The van der Waals surface area contributed by atoms with Crippen molar-refractivity contribution in [1.29, 1.82) is 0 Å². The van der Waals surface area contributed by atoms with E-state index in [9.17, 15) is 0 Å². The maximum atomic E-state index is 6.28. The molecule has 0 atom stereocenters. The van der Waals surface area contributed by atoms with Gasteiger partial charge in [0.2, 0.25) is 0 Å². The Bertz CT molecular complexity index is 1530. The molecule has 2 aromatic heterocycles. The third-order valence-electron chi connectivity index (χ3n) is 5.44. The summed E-state index contributed by atoms with van der Waals surface area (Å²) in [5.41, 5.74) is 13.4. The first kappa shape index (κ1) is 15.3. The average Bonchev–Trinajstić information content (AvgIpc) is 3.25. The fourth-order valence-electron chi connectivity index (χ4n) is 4.20. The van der Waals surface area contributed by atoms with Gasteiger partial charge in [0.05, 0.1) is 0 Å². The van der Waals surface area contributed by atoms with E-state index < -0.39 is 0 Å². The van der Waals surface area contributed by atoms with Gasteiger partial charge in [0.25, 0.3) is 0 Å². The molecule has 0 saturated carbocycles. The first-order valence-corrected chi connectivity index (χ1v) is 9.32. The molecule has 0 radical (unpaired) electrons. The van der Waals surface area contributed by atoms with Crippen LogP contribution in [0.25, 0.3) is 55.0 Å². The monoisotopic (exact) mass is 363 g/mol. The Morgan fingerprint density at radius 1 is 0.607 bits per heavy atom. The lowest BCUT2D eigenvalue weighted by Crippen LogP contribution is -1.83. The summed E-state index contributed by atoms with van der Waals surface area (Å²) in [7, 11) is 0. The lowest BCUT2D eigenvalue weighted by molar-refractivity contribution is 0.665. The molecule has 0 amide bonds. The van der Waals surface area contributed by atoms with Crippen LogP contribution in [0.4, 0.5) is 5.69 Å². The highest BCUT2D eigenvalue weighted by Gasteiger charge is 2.18. The number of aryl methyl sites for hydroxylation is 1. The molecule has 0 aliphatic heterocycles. The van der Waals surface area contributed by atoms with Crippen molar-refractivity contribution in [1.82, 2.24) is 0 Å². The van der Waals surface area contributed by atoms with Gasteiger partial charge in [0.15, 0.2) is 0 Å². The minimum absolute atomic E-state index is 0.698. The summed E-state index contributed by atoms with van der Waals surface area (Å²) in [6.45, 7) is 2.11. The summed E-state index contributed by atoms with van der Waals surface area (Å²) in [6.07, 6.45) is 0. The summed E-state index contributed by atoms with van der Waals surface area (Å²) in [5, 5.41) is 4.41. The molecule has 0 unspecified atom stereocenters. The topological polar surface area (TPSA) is 52.3 Å². The highest BCUT2D eigenvalue weighted by molar-refractivity contribution is 6.15. The molecule has 6 aromatic rings. The Morgan fingerprint density at radius 2 is 1.36 bits per heavy atom. The molecular formula is C25H17NO2. The Hall–Kier alpha value is -3.72. The van der Waals surface area contributed by atoms with Gasteiger partial charge in [0, 0.05) is 44.4 Å². The molecule has 0 fully saturated rings. The molecule has 2 heterocycles. The number of hydrogen-bond acceptors (Lipinski definition) is 3. The highest BCUT2D eigenvalue weighted by atomic mass is 16.3. The summed E-state index contributed by atoms with van der Waals surface area (Å²) in [6, 6.07) is 24.6. The van der Waals surface area contributed by atoms with Crippen molar-refractivity contribution in [3.05, 3.63) is 78.4 Å². The number of hydrogen-bond donors (Lipinski definition) is 1. The maximum absolute atomic E-state index is 6.28. The van der Waals surface area contributed by atoms with Crippen LogP contribution in [-0.4, -0.2) is 0 Å². The van der Waals surface area contributed by atoms with E-state index in [4.69, 9.17) is 14.6 Å². The van der Waals surface area contributed by atoms with Crippen LogP contribution >= 0.6 is 0 Å². The lowest BCUT2D eigenvalue weighted by atomic mass is 9.98. The third kappa shape index (κ3) is 2.04. The second kappa shape index (κ2) is 5.40. The van der Waals surface area contributed by atoms with Crippen LogP contribution in [0.1, 0.15) is 5.56 Å². The van der Waals surface area contributed by atoms with E-state index in [1.54, 1.807) is 0 Å². The maximum Gasteiger partial charge on any atom is 0.143 e. The van der Waals surface area contributed by atoms with Crippen molar-refractivity contribution in [3.8, 4) is 11.1 Å². The standard InChI is InChI=1S/C25H17NO2/c1-14-11-20-17-10-9-15(26)13-23(17)28-25(20)21(12-14)19-7-4-6-18-16-5-2-3-8-22(16)27-24(18)19/h2-13H,26H2,1H3. The molecule has 0 aliphatic carbocycles. The number of fused-ring (bicyclic) bond motifs is 6.